The maximum Gasteiger partial charge on any atom is 0 e. The maximum absolute atomic E-state index is 7.75. The molecule has 0 amide bonds. The molecule has 0 heterocycles. The number of carbonyl (C=O) groups excluding carboxylic acids is 1. The topological polar surface area (TPSA) is 17.1 Å². The van der Waals surface area contributed by atoms with E-state index >= 15 is 0 Å². The van der Waals surface area contributed by atoms with Crippen molar-refractivity contribution in [3.05, 3.63) is 11.8 Å². The van der Waals surface area contributed by atoms with Gasteiger partial charge in [0.25, 0.3) is 0 Å². The van der Waals surface area contributed by atoms with E-state index < -0.39 is 0 Å². The second kappa shape index (κ2) is 31.3. The minimum Gasteiger partial charge on any atom is -0.545 e. The molecule has 18 heavy (non-hydrogen) atoms. The fourth-order valence-electron chi connectivity index (χ4n) is 0.500. The molecule has 0 atom stereocenters. The summed E-state index contributed by atoms with van der Waals surface area (Å²) in [5, 5.41) is 0. The summed E-state index contributed by atoms with van der Waals surface area (Å²) < 4.78 is 0. The third-order valence-electron chi connectivity index (χ3n) is 2.50. The van der Waals surface area contributed by atoms with Gasteiger partial charge >= 0.3 is 0 Å². The normalized spacial score (nSPS) is 6.89. The van der Waals surface area contributed by atoms with E-state index in [-0.39, 0.29) is 103 Å². The second-order valence-corrected chi connectivity index (χ2v) is 3.62. The van der Waals surface area contributed by atoms with Gasteiger partial charge in [-0.05, 0) is 0 Å². The molecule has 0 aliphatic rings. The molecular formula is C15H39OY2-3. The summed E-state index contributed by atoms with van der Waals surface area (Å²) in [5.74, 6) is 2.98. The van der Waals surface area contributed by atoms with E-state index in [1.807, 2.05) is 0 Å². The average molecular weight is 413 g/mol. The molecule has 0 N–H and O–H groups in total. The first kappa shape index (κ1) is 59.9. The van der Waals surface area contributed by atoms with Gasteiger partial charge in [-0.2, -0.15) is 27.7 Å². The minimum atomic E-state index is 0. The van der Waals surface area contributed by atoms with Gasteiger partial charge in [0.1, 0.15) is 0 Å². The van der Waals surface area contributed by atoms with Crippen LogP contribution in [-0.2, 0) is 70.2 Å². The van der Waals surface area contributed by atoms with Crippen LogP contribution in [0.5, 0.6) is 0 Å². The standard InChI is InChI=1S/C9H18.CHO.5CH4.2Y/c1-7(2)9(5,6)8(3)4;1-2;;;;;;;/h1-6H3;1H;5*1H4;;/q-2;-1;;;;;;;. The summed E-state index contributed by atoms with van der Waals surface area (Å²) in [5.41, 5.74) is 0.333. The molecule has 0 bridgehead atoms. The molecule has 0 aliphatic carbocycles. The zero-order valence-corrected chi connectivity index (χ0v) is 15.3. The van der Waals surface area contributed by atoms with Gasteiger partial charge in [0, 0.05) is 65.4 Å². The van der Waals surface area contributed by atoms with Gasteiger partial charge in [0.15, 0.2) is 0 Å². The van der Waals surface area contributed by atoms with Crippen molar-refractivity contribution in [2.45, 2.75) is 78.7 Å². The smallest absolute Gasteiger partial charge is 0 e. The fraction of sp³-hybridized carbons (Fsp3) is 0.800. The van der Waals surface area contributed by atoms with E-state index in [0.717, 1.165) is 0 Å². The fourth-order valence-corrected chi connectivity index (χ4v) is 0.500. The van der Waals surface area contributed by atoms with Crippen LogP contribution in [0.25, 0.3) is 0 Å². The summed E-state index contributed by atoms with van der Waals surface area (Å²) in [6.07, 6.45) is 0. The van der Waals surface area contributed by atoms with E-state index in [1.165, 1.54) is 11.8 Å². The van der Waals surface area contributed by atoms with E-state index in [9.17, 15) is 0 Å². The monoisotopic (exact) mass is 413 g/mol. The SMILES string of the molecule is C.C.C.C.C.C[C-](C)C(C)(C)[C-](C)C.[CH-]=O.[Y].[Y]. The zero-order valence-electron chi connectivity index (χ0n) is 9.64. The van der Waals surface area contributed by atoms with Crippen LogP contribution in [0.15, 0.2) is 0 Å². The molecule has 0 aromatic rings. The summed E-state index contributed by atoms with van der Waals surface area (Å²) >= 11 is 0. The molecule has 114 valence electrons. The minimum absolute atomic E-state index is 0. The van der Waals surface area contributed by atoms with Gasteiger partial charge in [0.05, 0.1) is 0 Å². The van der Waals surface area contributed by atoms with Crippen molar-refractivity contribution in [3.8, 4) is 0 Å². The van der Waals surface area contributed by atoms with Crippen molar-refractivity contribution >= 4 is 6.79 Å². The largest absolute Gasteiger partial charge is 0.545 e. The molecule has 0 rings (SSSR count). The van der Waals surface area contributed by atoms with Crippen LogP contribution in [0.4, 0.5) is 0 Å². The van der Waals surface area contributed by atoms with Gasteiger partial charge in [-0.3, -0.25) is 12.2 Å². The van der Waals surface area contributed by atoms with E-state index in [0.29, 0.717) is 5.41 Å². The first-order valence-corrected chi connectivity index (χ1v) is 3.74. The van der Waals surface area contributed by atoms with E-state index in [1.54, 1.807) is 0 Å². The number of hydrogen-bond acceptors (Lipinski definition) is 1. The van der Waals surface area contributed by atoms with Crippen LogP contribution in [0, 0.1) is 17.3 Å². The predicted molar refractivity (Wildman–Crippen MR) is 83.4 cm³/mol. The summed E-state index contributed by atoms with van der Waals surface area (Å²) in [4.78, 5) is 7.75. The molecule has 0 unspecified atom stereocenters. The first-order chi connectivity index (χ1) is 4.89. The quantitative estimate of drug-likeness (QED) is 0.393. The molecule has 2 radical (unpaired) electrons. The molecule has 0 saturated carbocycles. The van der Waals surface area contributed by atoms with Crippen molar-refractivity contribution in [2.24, 2.45) is 5.41 Å². The maximum atomic E-state index is 7.75. The van der Waals surface area contributed by atoms with Gasteiger partial charge in [0.2, 0.25) is 0 Å². The molecule has 0 aromatic carbocycles. The molecule has 0 saturated heterocycles. The Morgan fingerprint density at radius 2 is 0.778 bits per heavy atom. The molecular weight excluding hydrogens is 374 g/mol. The van der Waals surface area contributed by atoms with Crippen LogP contribution >= 0.6 is 0 Å². The Hall–Kier alpha value is 1.88. The first-order valence-electron chi connectivity index (χ1n) is 3.74. The van der Waals surface area contributed by atoms with Crippen LogP contribution in [-0.4, -0.2) is 6.79 Å². The molecule has 1 nitrogen and oxygen atoms in total. The Kier molecular flexibility index (Phi) is 104. The Morgan fingerprint density at radius 1 is 0.667 bits per heavy atom. The summed E-state index contributed by atoms with van der Waals surface area (Å²) in [6.45, 7) is 16.5. The molecule has 3 heteroatoms. The van der Waals surface area contributed by atoms with Gasteiger partial charge in [-0.1, -0.05) is 37.1 Å². The van der Waals surface area contributed by atoms with Crippen molar-refractivity contribution in [3.63, 3.8) is 0 Å². The van der Waals surface area contributed by atoms with Crippen molar-refractivity contribution in [2.75, 3.05) is 0 Å². The van der Waals surface area contributed by atoms with Gasteiger partial charge < -0.3 is 16.6 Å². The summed E-state index contributed by atoms with van der Waals surface area (Å²) in [7, 11) is 0. The molecule has 0 spiro atoms. The Bertz CT molecular complexity index is 92.7. The third-order valence-corrected chi connectivity index (χ3v) is 2.50. The Morgan fingerprint density at radius 3 is 0.778 bits per heavy atom. The Labute approximate surface area is 171 Å². The predicted octanol–water partition coefficient (Wildman–Crippen LogP) is 6.14. The van der Waals surface area contributed by atoms with Crippen LogP contribution in [0.3, 0.4) is 0 Å². The van der Waals surface area contributed by atoms with Crippen molar-refractivity contribution in [1.29, 1.82) is 0 Å². The number of hydrogen-bond donors (Lipinski definition) is 0. The molecule has 0 aromatic heterocycles. The second-order valence-electron chi connectivity index (χ2n) is 3.62. The number of rotatable bonds is 2. The van der Waals surface area contributed by atoms with Gasteiger partial charge in [-0.15, -0.1) is 13.8 Å². The van der Waals surface area contributed by atoms with Crippen LogP contribution in [0.2, 0.25) is 0 Å². The third kappa shape index (κ3) is 26.4. The molecule has 0 aliphatic heterocycles. The zero-order chi connectivity index (χ0) is 9.65. The average Bonchev–Trinajstić information content (AvgIpc) is 1.91. The van der Waals surface area contributed by atoms with Crippen molar-refractivity contribution < 1.29 is 70.2 Å². The van der Waals surface area contributed by atoms with Crippen molar-refractivity contribution in [1.82, 2.24) is 0 Å². The van der Waals surface area contributed by atoms with E-state index in [4.69, 9.17) is 4.79 Å². The Balaban J connectivity index is -0.0000000122. The van der Waals surface area contributed by atoms with E-state index in [2.05, 4.69) is 48.3 Å². The summed E-state index contributed by atoms with van der Waals surface area (Å²) in [6, 6.07) is 0. The van der Waals surface area contributed by atoms with Gasteiger partial charge in [-0.25, -0.2) is 0 Å². The molecule has 0 fully saturated rings. The van der Waals surface area contributed by atoms with Crippen LogP contribution < -0.4 is 0 Å². The van der Waals surface area contributed by atoms with Crippen LogP contribution in [0.1, 0.15) is 78.7 Å².